The minimum atomic E-state index is -0.360. The molecular formula is C20H18FN3O2. The normalized spacial score (nSPS) is 10.5. The number of hydrogen-bond donors (Lipinski definition) is 1. The first kappa shape index (κ1) is 17.5. The highest BCUT2D eigenvalue weighted by atomic mass is 19.1. The van der Waals surface area contributed by atoms with Crippen LogP contribution in [-0.2, 0) is 17.9 Å². The van der Waals surface area contributed by atoms with Crippen LogP contribution in [0.15, 0.2) is 71.5 Å². The molecular weight excluding hydrogens is 333 g/mol. The lowest BCUT2D eigenvalue weighted by atomic mass is 10.1. The van der Waals surface area contributed by atoms with Crippen molar-refractivity contribution >= 4 is 5.91 Å². The fourth-order valence-corrected chi connectivity index (χ4v) is 2.50. The largest absolute Gasteiger partial charge is 0.352 e. The summed E-state index contributed by atoms with van der Waals surface area (Å²) in [4.78, 5) is 23.9. The highest BCUT2D eigenvalue weighted by Crippen LogP contribution is 2.14. The Morgan fingerprint density at radius 1 is 1.00 bits per heavy atom. The van der Waals surface area contributed by atoms with Crippen LogP contribution in [-0.4, -0.2) is 15.7 Å². The molecule has 0 saturated heterocycles. The first-order valence-corrected chi connectivity index (χ1v) is 8.27. The van der Waals surface area contributed by atoms with E-state index in [1.54, 1.807) is 24.3 Å². The summed E-state index contributed by atoms with van der Waals surface area (Å²) >= 11 is 0. The summed E-state index contributed by atoms with van der Waals surface area (Å²) in [6.07, 6.45) is 0.0829. The zero-order chi connectivity index (χ0) is 18.4. The van der Waals surface area contributed by atoms with Crippen LogP contribution in [0.25, 0.3) is 11.3 Å². The van der Waals surface area contributed by atoms with Gasteiger partial charge in [0.25, 0.3) is 5.56 Å². The van der Waals surface area contributed by atoms with Gasteiger partial charge in [-0.05, 0) is 12.1 Å². The zero-order valence-corrected chi connectivity index (χ0v) is 14.1. The van der Waals surface area contributed by atoms with Crippen LogP contribution in [0.3, 0.4) is 0 Å². The highest BCUT2D eigenvalue weighted by molar-refractivity contribution is 5.75. The zero-order valence-electron chi connectivity index (χ0n) is 14.1. The van der Waals surface area contributed by atoms with E-state index >= 15 is 0 Å². The van der Waals surface area contributed by atoms with Gasteiger partial charge in [0, 0.05) is 30.2 Å². The summed E-state index contributed by atoms with van der Waals surface area (Å²) < 4.78 is 14.8. The fourth-order valence-electron chi connectivity index (χ4n) is 2.50. The Morgan fingerprint density at radius 2 is 1.73 bits per heavy atom. The van der Waals surface area contributed by atoms with Gasteiger partial charge < -0.3 is 5.32 Å². The van der Waals surface area contributed by atoms with Gasteiger partial charge in [-0.2, -0.15) is 5.10 Å². The molecule has 0 atom stereocenters. The second kappa shape index (κ2) is 8.20. The van der Waals surface area contributed by atoms with Gasteiger partial charge in [0.1, 0.15) is 5.82 Å². The molecule has 3 rings (SSSR count). The third-order valence-electron chi connectivity index (χ3n) is 3.92. The molecule has 0 fully saturated rings. The van der Waals surface area contributed by atoms with E-state index in [1.165, 1.54) is 16.8 Å². The number of amides is 1. The first-order chi connectivity index (χ1) is 12.6. The summed E-state index contributed by atoms with van der Waals surface area (Å²) in [5, 5.41) is 6.96. The van der Waals surface area contributed by atoms with E-state index < -0.39 is 0 Å². The van der Waals surface area contributed by atoms with Crippen LogP contribution in [0.2, 0.25) is 0 Å². The Kier molecular flexibility index (Phi) is 5.53. The number of nitrogens with zero attached hydrogens (tertiary/aromatic N) is 2. The van der Waals surface area contributed by atoms with Crippen LogP contribution < -0.4 is 10.9 Å². The average molecular weight is 351 g/mol. The van der Waals surface area contributed by atoms with Crippen molar-refractivity contribution in [3.63, 3.8) is 0 Å². The maximum Gasteiger partial charge on any atom is 0.266 e. The molecule has 26 heavy (non-hydrogen) atoms. The number of halogens is 1. The molecule has 2 aromatic carbocycles. The number of carbonyl (C=O) groups excluding carboxylic acids is 1. The fraction of sp³-hybridized carbons (Fsp3) is 0.150. The number of rotatable bonds is 6. The quantitative estimate of drug-likeness (QED) is 0.743. The first-order valence-electron chi connectivity index (χ1n) is 8.27. The van der Waals surface area contributed by atoms with E-state index in [0.717, 1.165) is 5.56 Å². The molecule has 0 radical (unpaired) electrons. The Hall–Kier alpha value is -3.28. The van der Waals surface area contributed by atoms with Crippen molar-refractivity contribution in [1.82, 2.24) is 15.1 Å². The molecule has 0 bridgehead atoms. The van der Waals surface area contributed by atoms with Gasteiger partial charge in [-0.3, -0.25) is 9.59 Å². The predicted molar refractivity (Wildman–Crippen MR) is 96.8 cm³/mol. The minimum Gasteiger partial charge on any atom is -0.352 e. The van der Waals surface area contributed by atoms with Gasteiger partial charge in [0.2, 0.25) is 5.91 Å². The summed E-state index contributed by atoms with van der Waals surface area (Å²) in [6, 6.07) is 18.9. The smallest absolute Gasteiger partial charge is 0.266 e. The molecule has 0 saturated carbocycles. The summed E-state index contributed by atoms with van der Waals surface area (Å²) in [7, 11) is 0. The molecule has 0 aliphatic heterocycles. The standard InChI is InChI=1S/C20H18FN3O2/c21-17-9-5-4-8-16(17)14-22-19(25)12-13-24-20(26)11-10-18(23-24)15-6-2-1-3-7-15/h1-11H,12-14H2,(H,22,25). The van der Waals surface area contributed by atoms with Crippen LogP contribution in [0.1, 0.15) is 12.0 Å². The molecule has 0 aliphatic rings. The van der Waals surface area contributed by atoms with Gasteiger partial charge in [0.15, 0.2) is 0 Å². The Labute approximate surface area is 150 Å². The van der Waals surface area contributed by atoms with Gasteiger partial charge >= 0.3 is 0 Å². The van der Waals surface area contributed by atoms with E-state index in [4.69, 9.17) is 0 Å². The molecule has 5 nitrogen and oxygen atoms in total. The number of hydrogen-bond acceptors (Lipinski definition) is 3. The third-order valence-corrected chi connectivity index (χ3v) is 3.92. The van der Waals surface area contributed by atoms with Crippen LogP contribution >= 0.6 is 0 Å². The molecule has 1 N–H and O–H groups in total. The molecule has 0 unspecified atom stereocenters. The number of aryl methyl sites for hydroxylation is 1. The number of carbonyl (C=O) groups is 1. The number of nitrogens with one attached hydrogen (secondary N) is 1. The summed E-state index contributed by atoms with van der Waals surface area (Å²) in [5.41, 5.74) is 1.70. The summed E-state index contributed by atoms with van der Waals surface area (Å²) in [6.45, 7) is 0.264. The van der Waals surface area contributed by atoms with Crippen molar-refractivity contribution in [3.05, 3.63) is 88.5 Å². The molecule has 1 aromatic heterocycles. The van der Waals surface area contributed by atoms with E-state index in [2.05, 4.69) is 10.4 Å². The highest BCUT2D eigenvalue weighted by Gasteiger charge is 2.07. The van der Waals surface area contributed by atoms with Crippen LogP contribution in [0.5, 0.6) is 0 Å². The summed E-state index contributed by atoms with van der Waals surface area (Å²) in [5.74, 6) is -0.631. The molecule has 0 spiro atoms. The second-order valence-electron chi connectivity index (χ2n) is 5.76. The maximum absolute atomic E-state index is 13.5. The van der Waals surface area contributed by atoms with Crippen molar-refractivity contribution < 1.29 is 9.18 Å². The van der Waals surface area contributed by atoms with E-state index in [1.807, 2.05) is 30.3 Å². The number of benzene rings is 2. The Bertz CT molecular complexity index is 955. The molecule has 1 amide bonds. The SMILES string of the molecule is O=C(CCn1nc(-c2ccccc2)ccc1=O)NCc1ccccc1F. The molecule has 132 valence electrons. The molecule has 1 heterocycles. The van der Waals surface area contributed by atoms with Gasteiger partial charge in [-0.25, -0.2) is 9.07 Å². The van der Waals surface area contributed by atoms with E-state index in [9.17, 15) is 14.0 Å². The minimum absolute atomic E-state index is 0.0829. The van der Waals surface area contributed by atoms with Crippen LogP contribution in [0, 0.1) is 5.82 Å². The van der Waals surface area contributed by atoms with E-state index in [0.29, 0.717) is 11.3 Å². The molecule has 6 heteroatoms. The predicted octanol–water partition coefficient (Wildman–Crippen LogP) is 2.76. The average Bonchev–Trinajstić information content (AvgIpc) is 2.67. The van der Waals surface area contributed by atoms with Crippen molar-refractivity contribution in [2.24, 2.45) is 0 Å². The lowest BCUT2D eigenvalue weighted by molar-refractivity contribution is -0.121. The third kappa shape index (κ3) is 4.42. The van der Waals surface area contributed by atoms with Gasteiger partial charge in [-0.15, -0.1) is 0 Å². The van der Waals surface area contributed by atoms with Crippen molar-refractivity contribution in [1.29, 1.82) is 0 Å². The van der Waals surface area contributed by atoms with Crippen molar-refractivity contribution in [2.75, 3.05) is 0 Å². The Balaban J connectivity index is 1.61. The van der Waals surface area contributed by atoms with E-state index in [-0.39, 0.29) is 36.8 Å². The lowest BCUT2D eigenvalue weighted by Crippen LogP contribution is -2.28. The van der Waals surface area contributed by atoms with Gasteiger partial charge in [-0.1, -0.05) is 48.5 Å². The lowest BCUT2D eigenvalue weighted by Gasteiger charge is -2.08. The second-order valence-corrected chi connectivity index (χ2v) is 5.76. The van der Waals surface area contributed by atoms with Gasteiger partial charge in [0.05, 0.1) is 12.2 Å². The van der Waals surface area contributed by atoms with Crippen molar-refractivity contribution in [3.8, 4) is 11.3 Å². The maximum atomic E-state index is 13.5. The number of aromatic nitrogens is 2. The van der Waals surface area contributed by atoms with Crippen LogP contribution in [0.4, 0.5) is 4.39 Å². The molecule has 3 aromatic rings. The monoisotopic (exact) mass is 351 g/mol. The molecule has 0 aliphatic carbocycles. The Morgan fingerprint density at radius 3 is 2.50 bits per heavy atom. The van der Waals surface area contributed by atoms with Crippen molar-refractivity contribution in [2.45, 2.75) is 19.5 Å². The topological polar surface area (TPSA) is 64.0 Å².